The zero-order valence-corrected chi connectivity index (χ0v) is 7.00. The smallest absolute Gasteiger partial charge is 0.284 e. The van der Waals surface area contributed by atoms with E-state index in [0.717, 1.165) is 0 Å². The maximum Gasteiger partial charge on any atom is 0.302 e. The van der Waals surface area contributed by atoms with Gasteiger partial charge in [0, 0.05) is 18.8 Å². The predicted molar refractivity (Wildman–Crippen MR) is 42.9 cm³/mol. The van der Waals surface area contributed by atoms with E-state index < -0.39 is 10.2 Å². The summed E-state index contributed by atoms with van der Waals surface area (Å²) in [7, 11) is -3.31. The van der Waals surface area contributed by atoms with Gasteiger partial charge in [0.1, 0.15) is 0 Å². The van der Waals surface area contributed by atoms with E-state index in [-0.39, 0.29) is 0 Å². The minimum Gasteiger partial charge on any atom is -0.284 e. The molecule has 66 valence electrons. The van der Waals surface area contributed by atoms with Crippen molar-refractivity contribution in [2.45, 2.75) is 0 Å². The number of hydrogen-bond acceptors (Lipinski definition) is 3. The second-order valence-corrected chi connectivity index (χ2v) is 4.08. The maximum atomic E-state index is 11.2. The molecule has 0 bridgehead atoms. The monoisotopic (exact) mass is 188 g/mol. The lowest BCUT2D eigenvalue weighted by Crippen LogP contribution is -2.29. The van der Waals surface area contributed by atoms with Crippen LogP contribution in [0.5, 0.6) is 0 Å². The highest BCUT2D eigenvalue weighted by Gasteiger charge is 2.28. The first-order valence-electron chi connectivity index (χ1n) is 3.47. The Kier molecular flexibility index (Phi) is 1.55. The molecule has 1 fully saturated rings. The number of hydrogen-bond donors (Lipinski definition) is 2. The van der Waals surface area contributed by atoms with E-state index in [2.05, 4.69) is 14.9 Å². The topological polar surface area (TPSA) is 78.1 Å². The molecule has 1 aromatic heterocycles. The van der Waals surface area contributed by atoms with Gasteiger partial charge in [-0.2, -0.15) is 18.2 Å². The van der Waals surface area contributed by atoms with Crippen LogP contribution in [0.15, 0.2) is 12.3 Å². The molecular formula is C5H8N4O2S. The minimum absolute atomic E-state index is 0.431. The van der Waals surface area contributed by atoms with E-state index >= 15 is 0 Å². The molecule has 1 aromatic rings. The van der Waals surface area contributed by atoms with Crippen molar-refractivity contribution in [3.8, 4) is 0 Å². The molecule has 0 spiro atoms. The summed E-state index contributed by atoms with van der Waals surface area (Å²) in [5.74, 6) is 0.431. The third-order valence-electron chi connectivity index (χ3n) is 1.63. The number of nitrogens with zero attached hydrogens (tertiary/aromatic N) is 2. The summed E-state index contributed by atoms with van der Waals surface area (Å²) in [5.41, 5.74) is 0. The Morgan fingerprint density at radius 2 is 2.42 bits per heavy atom. The van der Waals surface area contributed by atoms with E-state index in [9.17, 15) is 8.42 Å². The van der Waals surface area contributed by atoms with Crippen LogP contribution >= 0.6 is 0 Å². The SMILES string of the molecule is O=S1(=O)NCCN1c1cc[nH]n1. The molecule has 0 saturated carbocycles. The summed E-state index contributed by atoms with van der Waals surface area (Å²) in [6.07, 6.45) is 1.59. The van der Waals surface area contributed by atoms with Gasteiger partial charge in [-0.05, 0) is 0 Å². The van der Waals surface area contributed by atoms with Crippen LogP contribution in [-0.4, -0.2) is 31.7 Å². The highest BCUT2D eigenvalue weighted by atomic mass is 32.2. The zero-order chi connectivity index (χ0) is 8.60. The predicted octanol–water partition coefficient (Wildman–Crippen LogP) is -0.936. The van der Waals surface area contributed by atoms with Crippen LogP contribution in [0.2, 0.25) is 0 Å². The Morgan fingerprint density at radius 1 is 1.58 bits per heavy atom. The lowest BCUT2D eigenvalue weighted by molar-refractivity contribution is 0.591. The van der Waals surface area contributed by atoms with Crippen LogP contribution in [0.25, 0.3) is 0 Å². The van der Waals surface area contributed by atoms with E-state index in [0.29, 0.717) is 18.9 Å². The van der Waals surface area contributed by atoms with Gasteiger partial charge in [0.15, 0.2) is 5.82 Å². The van der Waals surface area contributed by atoms with Gasteiger partial charge in [-0.15, -0.1) is 0 Å². The summed E-state index contributed by atoms with van der Waals surface area (Å²) in [5, 5.41) is 6.34. The van der Waals surface area contributed by atoms with Crippen molar-refractivity contribution < 1.29 is 8.42 Å². The van der Waals surface area contributed by atoms with Crippen molar-refractivity contribution in [1.29, 1.82) is 0 Å². The largest absolute Gasteiger partial charge is 0.302 e. The first-order chi connectivity index (χ1) is 5.70. The molecule has 1 aliphatic heterocycles. The van der Waals surface area contributed by atoms with Gasteiger partial charge >= 0.3 is 10.2 Å². The van der Waals surface area contributed by atoms with E-state index in [1.807, 2.05) is 0 Å². The van der Waals surface area contributed by atoms with E-state index in [1.54, 1.807) is 12.3 Å². The van der Waals surface area contributed by atoms with Crippen molar-refractivity contribution in [1.82, 2.24) is 14.9 Å². The molecule has 0 atom stereocenters. The summed E-state index contributed by atoms with van der Waals surface area (Å²) < 4.78 is 26.0. The minimum atomic E-state index is -3.31. The Balaban J connectivity index is 2.37. The molecule has 7 heteroatoms. The molecule has 2 rings (SSSR count). The van der Waals surface area contributed by atoms with Gasteiger partial charge in [0.25, 0.3) is 0 Å². The van der Waals surface area contributed by atoms with Crippen LogP contribution in [-0.2, 0) is 10.2 Å². The lowest BCUT2D eigenvalue weighted by Gasteiger charge is -2.10. The summed E-state index contributed by atoms with van der Waals surface area (Å²) in [6, 6.07) is 1.62. The van der Waals surface area contributed by atoms with Crippen molar-refractivity contribution in [2.24, 2.45) is 0 Å². The molecule has 1 aliphatic rings. The number of aromatic amines is 1. The Morgan fingerprint density at radius 3 is 2.92 bits per heavy atom. The molecule has 6 nitrogen and oxygen atoms in total. The highest BCUT2D eigenvalue weighted by Crippen LogP contribution is 2.14. The number of anilines is 1. The Hall–Kier alpha value is -1.08. The molecule has 12 heavy (non-hydrogen) atoms. The molecular weight excluding hydrogens is 180 g/mol. The van der Waals surface area contributed by atoms with Crippen LogP contribution in [0.3, 0.4) is 0 Å². The van der Waals surface area contributed by atoms with Crippen molar-refractivity contribution in [3.05, 3.63) is 12.3 Å². The number of H-pyrrole nitrogens is 1. The van der Waals surface area contributed by atoms with Crippen molar-refractivity contribution in [2.75, 3.05) is 17.4 Å². The lowest BCUT2D eigenvalue weighted by atomic mass is 10.6. The fraction of sp³-hybridized carbons (Fsp3) is 0.400. The molecule has 2 heterocycles. The van der Waals surface area contributed by atoms with Gasteiger partial charge < -0.3 is 0 Å². The Bertz CT molecular complexity index is 357. The van der Waals surface area contributed by atoms with Crippen molar-refractivity contribution in [3.63, 3.8) is 0 Å². The van der Waals surface area contributed by atoms with Crippen LogP contribution in [0.4, 0.5) is 5.82 Å². The van der Waals surface area contributed by atoms with Gasteiger partial charge in [0.05, 0.1) is 6.54 Å². The molecule has 0 amide bonds. The first-order valence-corrected chi connectivity index (χ1v) is 4.91. The van der Waals surface area contributed by atoms with Gasteiger partial charge in [-0.3, -0.25) is 5.10 Å². The van der Waals surface area contributed by atoms with E-state index in [4.69, 9.17) is 0 Å². The second kappa shape index (κ2) is 2.46. The quantitative estimate of drug-likeness (QED) is 0.597. The normalized spacial score (nSPS) is 21.5. The fourth-order valence-electron chi connectivity index (χ4n) is 1.10. The average Bonchev–Trinajstić information content (AvgIpc) is 2.55. The van der Waals surface area contributed by atoms with Gasteiger partial charge in [-0.1, -0.05) is 0 Å². The molecule has 0 aliphatic carbocycles. The summed E-state index contributed by atoms with van der Waals surface area (Å²) in [4.78, 5) is 0. The third kappa shape index (κ3) is 1.07. The Labute approximate surface area is 69.8 Å². The maximum absolute atomic E-state index is 11.2. The standard InChI is InChI=1S/C5H8N4O2S/c10-12(11)7-3-4-9(12)5-1-2-6-8-5/h1-2,7H,3-4H2,(H,6,8). The second-order valence-electron chi connectivity index (χ2n) is 2.40. The van der Waals surface area contributed by atoms with Gasteiger partial charge in [0.2, 0.25) is 0 Å². The van der Waals surface area contributed by atoms with Crippen molar-refractivity contribution >= 4 is 16.0 Å². The molecule has 0 radical (unpaired) electrons. The molecule has 2 N–H and O–H groups in total. The summed E-state index contributed by atoms with van der Waals surface area (Å²) in [6.45, 7) is 0.877. The molecule has 0 aromatic carbocycles. The zero-order valence-electron chi connectivity index (χ0n) is 6.19. The third-order valence-corrected chi connectivity index (χ3v) is 3.15. The molecule has 0 unspecified atom stereocenters. The van der Waals surface area contributed by atoms with Crippen LogP contribution in [0, 0.1) is 0 Å². The highest BCUT2D eigenvalue weighted by molar-refractivity contribution is 7.91. The van der Waals surface area contributed by atoms with Crippen LogP contribution in [0.1, 0.15) is 0 Å². The number of nitrogens with one attached hydrogen (secondary N) is 2. The van der Waals surface area contributed by atoms with Gasteiger partial charge in [-0.25, -0.2) is 4.31 Å². The fourth-order valence-corrected chi connectivity index (χ4v) is 2.29. The van der Waals surface area contributed by atoms with Crippen LogP contribution < -0.4 is 9.03 Å². The number of rotatable bonds is 1. The average molecular weight is 188 g/mol. The molecule has 1 saturated heterocycles. The van der Waals surface area contributed by atoms with E-state index in [1.165, 1.54) is 4.31 Å². The summed E-state index contributed by atoms with van der Waals surface area (Å²) >= 11 is 0. The number of aromatic nitrogens is 2. The first kappa shape index (κ1) is 7.56.